The summed E-state index contributed by atoms with van der Waals surface area (Å²) in [6.45, 7) is 1.35. The molecule has 8 heteroatoms. The van der Waals surface area contributed by atoms with Crippen LogP contribution in [0.2, 0.25) is 0 Å². The Morgan fingerprint density at radius 3 is 2.65 bits per heavy atom. The van der Waals surface area contributed by atoms with Crippen molar-refractivity contribution in [3.63, 3.8) is 0 Å². The molecule has 7 nitrogen and oxygen atoms in total. The number of carbonyl (C=O) groups is 1. The molecule has 1 fully saturated rings. The number of aryl methyl sites for hydroxylation is 2. The number of carbonyl (C=O) groups excluding carboxylic acids is 1. The van der Waals surface area contributed by atoms with Crippen molar-refractivity contribution in [3.8, 4) is 0 Å². The monoisotopic (exact) mass is 374 g/mol. The third-order valence-corrected chi connectivity index (χ3v) is 6.25. The molecular formula is C18H22N4O3S. The molecule has 1 aromatic carbocycles. The number of nitrogens with one attached hydrogen (secondary N) is 2. The number of nitrogens with zero attached hydrogens (tertiary/aromatic N) is 2. The highest BCUT2D eigenvalue weighted by atomic mass is 32.2. The first-order valence-corrected chi connectivity index (χ1v) is 10.4. The van der Waals surface area contributed by atoms with Crippen molar-refractivity contribution in [2.45, 2.75) is 56.1 Å². The number of hydrogen-bond donors (Lipinski definition) is 2. The summed E-state index contributed by atoms with van der Waals surface area (Å²) < 4.78 is 29.1. The quantitative estimate of drug-likeness (QED) is 0.803. The van der Waals surface area contributed by atoms with E-state index in [0.717, 1.165) is 43.7 Å². The van der Waals surface area contributed by atoms with Gasteiger partial charge in [0.25, 0.3) is 5.91 Å². The SMILES string of the molecule is O=C(NCc1cn2c(n1)CCCC2)c1ccc(S(=O)(=O)NC2CC2)cc1. The first kappa shape index (κ1) is 17.2. The van der Waals surface area contributed by atoms with Gasteiger partial charge in [0, 0.05) is 30.8 Å². The molecule has 1 aromatic heterocycles. The highest BCUT2D eigenvalue weighted by molar-refractivity contribution is 7.89. The molecule has 26 heavy (non-hydrogen) atoms. The van der Waals surface area contributed by atoms with E-state index < -0.39 is 10.0 Å². The molecule has 0 bridgehead atoms. The number of hydrogen-bond acceptors (Lipinski definition) is 4. The third-order valence-electron chi connectivity index (χ3n) is 4.71. The lowest BCUT2D eigenvalue weighted by atomic mass is 10.2. The van der Waals surface area contributed by atoms with Crippen LogP contribution in [0.15, 0.2) is 35.4 Å². The van der Waals surface area contributed by atoms with Crippen molar-refractivity contribution < 1.29 is 13.2 Å². The largest absolute Gasteiger partial charge is 0.346 e. The molecule has 2 aromatic rings. The minimum atomic E-state index is -3.49. The van der Waals surface area contributed by atoms with Gasteiger partial charge in [-0.05, 0) is 49.9 Å². The predicted molar refractivity (Wildman–Crippen MR) is 96.1 cm³/mol. The molecule has 138 valence electrons. The van der Waals surface area contributed by atoms with Crippen molar-refractivity contribution in [3.05, 3.63) is 47.5 Å². The van der Waals surface area contributed by atoms with E-state index in [1.165, 1.54) is 30.7 Å². The zero-order valence-electron chi connectivity index (χ0n) is 14.4. The van der Waals surface area contributed by atoms with E-state index in [4.69, 9.17) is 0 Å². The fraction of sp³-hybridized carbons (Fsp3) is 0.444. The first-order valence-electron chi connectivity index (χ1n) is 8.97. The summed E-state index contributed by atoms with van der Waals surface area (Å²) in [7, 11) is -3.49. The lowest BCUT2D eigenvalue weighted by molar-refractivity contribution is 0.0950. The number of fused-ring (bicyclic) bond motifs is 1. The molecular weight excluding hydrogens is 352 g/mol. The van der Waals surface area contributed by atoms with Crippen LogP contribution in [-0.2, 0) is 29.5 Å². The molecule has 1 aliphatic carbocycles. The number of amides is 1. The molecule has 2 heterocycles. The van der Waals surface area contributed by atoms with E-state index in [1.54, 1.807) is 0 Å². The van der Waals surface area contributed by atoms with Crippen LogP contribution in [0.25, 0.3) is 0 Å². The molecule has 1 saturated carbocycles. The Morgan fingerprint density at radius 1 is 1.19 bits per heavy atom. The molecule has 1 aliphatic heterocycles. The van der Waals surface area contributed by atoms with Gasteiger partial charge in [-0.1, -0.05) is 0 Å². The first-order chi connectivity index (χ1) is 12.5. The minimum absolute atomic E-state index is 0.0590. The Kier molecular flexibility index (Phi) is 4.54. The summed E-state index contributed by atoms with van der Waals surface area (Å²) in [4.78, 5) is 17.0. The fourth-order valence-corrected chi connectivity index (χ4v) is 4.41. The molecule has 2 N–H and O–H groups in total. The van der Waals surface area contributed by atoms with E-state index in [9.17, 15) is 13.2 Å². The van der Waals surface area contributed by atoms with Gasteiger partial charge in [-0.25, -0.2) is 18.1 Å². The van der Waals surface area contributed by atoms with Gasteiger partial charge in [-0.15, -0.1) is 0 Å². The van der Waals surface area contributed by atoms with Gasteiger partial charge in [-0.3, -0.25) is 4.79 Å². The van der Waals surface area contributed by atoms with Crippen molar-refractivity contribution in [2.24, 2.45) is 0 Å². The molecule has 0 unspecified atom stereocenters. The topological polar surface area (TPSA) is 93.1 Å². The maximum atomic E-state index is 12.3. The Balaban J connectivity index is 1.38. The van der Waals surface area contributed by atoms with Crippen LogP contribution in [0.5, 0.6) is 0 Å². The number of rotatable bonds is 6. The van der Waals surface area contributed by atoms with Gasteiger partial charge < -0.3 is 9.88 Å². The van der Waals surface area contributed by atoms with E-state index in [2.05, 4.69) is 19.6 Å². The average Bonchev–Trinajstić information content (AvgIpc) is 3.34. The second-order valence-corrected chi connectivity index (χ2v) is 8.62. The maximum absolute atomic E-state index is 12.3. The molecule has 1 amide bonds. The number of benzene rings is 1. The van der Waals surface area contributed by atoms with Gasteiger partial charge >= 0.3 is 0 Å². The molecule has 2 aliphatic rings. The fourth-order valence-electron chi connectivity index (χ4n) is 3.10. The van der Waals surface area contributed by atoms with Crippen LogP contribution in [0.4, 0.5) is 0 Å². The summed E-state index contributed by atoms with van der Waals surface area (Å²) in [5.41, 5.74) is 1.28. The van der Waals surface area contributed by atoms with Crippen LogP contribution in [0.1, 0.15) is 47.6 Å². The van der Waals surface area contributed by atoms with Crippen molar-refractivity contribution >= 4 is 15.9 Å². The molecule has 0 atom stereocenters. The Morgan fingerprint density at radius 2 is 1.96 bits per heavy atom. The van der Waals surface area contributed by atoms with Crippen molar-refractivity contribution in [1.82, 2.24) is 19.6 Å². The summed E-state index contributed by atoms with van der Waals surface area (Å²) in [6.07, 6.45) is 7.08. The summed E-state index contributed by atoms with van der Waals surface area (Å²) >= 11 is 0. The maximum Gasteiger partial charge on any atom is 0.251 e. The summed E-state index contributed by atoms with van der Waals surface area (Å²) in [5, 5.41) is 2.84. The Bertz CT molecular complexity index is 891. The molecule has 0 spiro atoms. The average molecular weight is 374 g/mol. The molecule has 4 rings (SSSR count). The Labute approximate surface area is 152 Å². The summed E-state index contributed by atoms with van der Waals surface area (Å²) in [5.74, 6) is 0.841. The van der Waals surface area contributed by atoms with Crippen LogP contribution in [0.3, 0.4) is 0 Å². The van der Waals surface area contributed by atoms with Gasteiger partial charge in [0.2, 0.25) is 10.0 Å². The number of aromatic nitrogens is 2. The highest BCUT2D eigenvalue weighted by Gasteiger charge is 2.28. The van der Waals surface area contributed by atoms with Crippen LogP contribution < -0.4 is 10.0 Å². The third kappa shape index (κ3) is 3.81. The van der Waals surface area contributed by atoms with Crippen molar-refractivity contribution in [1.29, 1.82) is 0 Å². The zero-order chi connectivity index (χ0) is 18.1. The zero-order valence-corrected chi connectivity index (χ0v) is 15.3. The standard InChI is InChI=1S/C18H22N4O3S/c23-18(19-11-15-12-22-10-2-1-3-17(22)20-15)13-4-8-16(9-5-13)26(24,25)21-14-6-7-14/h4-5,8-9,12,14,21H,1-3,6-7,10-11H2,(H,19,23). The Hall–Kier alpha value is -2.19. The van der Waals surface area contributed by atoms with Gasteiger partial charge in [0.15, 0.2) is 0 Å². The van der Waals surface area contributed by atoms with E-state index in [1.807, 2.05) is 6.20 Å². The molecule has 0 saturated heterocycles. The minimum Gasteiger partial charge on any atom is -0.346 e. The smallest absolute Gasteiger partial charge is 0.251 e. The second-order valence-electron chi connectivity index (χ2n) is 6.90. The van der Waals surface area contributed by atoms with Gasteiger partial charge in [-0.2, -0.15) is 0 Å². The number of imidazole rings is 1. The van der Waals surface area contributed by atoms with Gasteiger partial charge in [0.1, 0.15) is 5.82 Å². The molecule has 0 radical (unpaired) electrons. The van der Waals surface area contributed by atoms with E-state index >= 15 is 0 Å². The van der Waals surface area contributed by atoms with Crippen LogP contribution in [0, 0.1) is 0 Å². The predicted octanol–water partition coefficient (Wildman–Crippen LogP) is 1.59. The van der Waals surface area contributed by atoms with Gasteiger partial charge in [0.05, 0.1) is 17.1 Å². The lowest BCUT2D eigenvalue weighted by Gasteiger charge is -2.11. The normalized spacial score (nSPS) is 16.9. The second kappa shape index (κ2) is 6.85. The van der Waals surface area contributed by atoms with Crippen LogP contribution >= 0.6 is 0 Å². The number of sulfonamides is 1. The van der Waals surface area contributed by atoms with Crippen LogP contribution in [-0.4, -0.2) is 29.9 Å². The van der Waals surface area contributed by atoms with Crippen molar-refractivity contribution in [2.75, 3.05) is 0 Å². The van der Waals surface area contributed by atoms with E-state index in [0.29, 0.717) is 12.1 Å². The van der Waals surface area contributed by atoms with E-state index in [-0.39, 0.29) is 16.8 Å². The highest BCUT2D eigenvalue weighted by Crippen LogP contribution is 2.22. The summed E-state index contributed by atoms with van der Waals surface area (Å²) in [6, 6.07) is 6.07. The lowest BCUT2D eigenvalue weighted by Crippen LogP contribution is -2.26.